The van der Waals surface area contributed by atoms with Crippen molar-refractivity contribution in [1.82, 2.24) is 9.71 Å². The fourth-order valence-corrected chi connectivity index (χ4v) is 6.80. The minimum absolute atomic E-state index is 0.000786. The number of para-hydroxylation sites is 1. The second kappa shape index (κ2) is 14.5. The van der Waals surface area contributed by atoms with Crippen LogP contribution in [0.15, 0.2) is 90.0 Å². The lowest BCUT2D eigenvalue weighted by molar-refractivity contribution is -0.115. The number of hydrogen-bond acceptors (Lipinski definition) is 9. The third-order valence-corrected chi connectivity index (χ3v) is 9.31. The number of hydrogen-bond donors (Lipinski definition) is 3. The maximum absolute atomic E-state index is 13.3. The number of nitrogens with one attached hydrogen (secondary N) is 2. The number of methoxy groups -OCH3 is 2. The van der Waals surface area contributed by atoms with Crippen LogP contribution < -0.4 is 29.0 Å². The molecule has 12 nitrogen and oxygen atoms in total. The Morgan fingerprint density at radius 2 is 1.60 bits per heavy atom. The van der Waals surface area contributed by atoms with Gasteiger partial charge in [-0.3, -0.25) is 4.79 Å². The topological polar surface area (TPSA) is 162 Å². The third-order valence-electron chi connectivity index (χ3n) is 7.73. The molecule has 1 aliphatic carbocycles. The van der Waals surface area contributed by atoms with Gasteiger partial charge in [-0.25, -0.2) is 22.9 Å². The van der Waals surface area contributed by atoms with Gasteiger partial charge in [-0.15, -0.1) is 0 Å². The van der Waals surface area contributed by atoms with Crippen LogP contribution in [-0.2, 0) is 21.2 Å². The molecule has 13 heteroatoms. The quantitative estimate of drug-likeness (QED) is 0.159. The molecule has 246 valence electrons. The molecule has 47 heavy (non-hydrogen) atoms. The smallest absolute Gasteiger partial charge is 0.337 e. The van der Waals surface area contributed by atoms with Crippen LogP contribution in [-0.4, -0.2) is 56.8 Å². The van der Waals surface area contributed by atoms with Gasteiger partial charge in [0.1, 0.15) is 18.1 Å². The summed E-state index contributed by atoms with van der Waals surface area (Å²) in [5, 5.41) is 11.9. The highest BCUT2D eigenvalue weighted by Gasteiger charge is 2.39. The molecule has 0 atom stereocenters. The fraction of sp³-hybridized carbons (Fsp3) is 0.265. The van der Waals surface area contributed by atoms with Crippen molar-refractivity contribution in [3.63, 3.8) is 0 Å². The van der Waals surface area contributed by atoms with E-state index in [1.54, 1.807) is 54.6 Å². The van der Waals surface area contributed by atoms with Gasteiger partial charge in [-0.2, -0.15) is 0 Å². The Hall–Kier alpha value is -5.14. The first-order chi connectivity index (χ1) is 22.6. The predicted molar refractivity (Wildman–Crippen MR) is 173 cm³/mol. The predicted octanol–water partition coefficient (Wildman–Crippen LogP) is 5.44. The molecular weight excluding hydrogens is 626 g/mol. The minimum atomic E-state index is -3.87. The Kier molecular flexibility index (Phi) is 10.3. The average molecular weight is 662 g/mol. The molecule has 1 amide bonds. The number of sulfonamides is 1. The number of aromatic carboxylic acids is 1. The van der Waals surface area contributed by atoms with Crippen LogP contribution in [0.3, 0.4) is 0 Å². The van der Waals surface area contributed by atoms with Crippen LogP contribution in [0.5, 0.6) is 28.9 Å². The maximum atomic E-state index is 13.3. The van der Waals surface area contributed by atoms with E-state index in [9.17, 15) is 23.1 Å². The summed E-state index contributed by atoms with van der Waals surface area (Å²) in [5.74, 6) is 0.623. The zero-order valence-corrected chi connectivity index (χ0v) is 26.7. The number of nitrogens with zero attached hydrogens (tertiary/aromatic N) is 1. The second-order valence-corrected chi connectivity index (χ2v) is 12.7. The molecule has 4 aromatic rings. The zero-order chi connectivity index (χ0) is 33.4. The summed E-state index contributed by atoms with van der Waals surface area (Å²) in [6.07, 6.45) is 4.54. The van der Waals surface area contributed by atoms with E-state index in [0.717, 1.165) is 12.8 Å². The van der Waals surface area contributed by atoms with E-state index in [1.807, 2.05) is 0 Å². The summed E-state index contributed by atoms with van der Waals surface area (Å²) in [6, 6.07) is 20.9. The summed E-state index contributed by atoms with van der Waals surface area (Å²) in [5.41, 5.74) is 0.0881. The zero-order valence-electron chi connectivity index (χ0n) is 25.9. The lowest BCUT2D eigenvalue weighted by atomic mass is 10.0. The van der Waals surface area contributed by atoms with Gasteiger partial charge in [0.15, 0.2) is 11.5 Å². The van der Waals surface area contributed by atoms with Gasteiger partial charge < -0.3 is 29.4 Å². The Morgan fingerprint density at radius 3 is 2.26 bits per heavy atom. The fourth-order valence-electron chi connectivity index (χ4n) is 5.34. The van der Waals surface area contributed by atoms with E-state index in [-0.39, 0.29) is 35.1 Å². The molecule has 0 spiro atoms. The van der Waals surface area contributed by atoms with Gasteiger partial charge in [0.05, 0.1) is 42.3 Å². The van der Waals surface area contributed by atoms with Crippen molar-refractivity contribution in [1.29, 1.82) is 0 Å². The highest BCUT2D eigenvalue weighted by Crippen LogP contribution is 2.34. The van der Waals surface area contributed by atoms with Gasteiger partial charge in [-0.1, -0.05) is 31.0 Å². The summed E-state index contributed by atoms with van der Waals surface area (Å²) in [7, 11) is -0.930. The van der Waals surface area contributed by atoms with Gasteiger partial charge in [0.2, 0.25) is 21.8 Å². The summed E-state index contributed by atoms with van der Waals surface area (Å²) in [6.45, 7) is 0.151. The lowest BCUT2D eigenvalue weighted by Crippen LogP contribution is -2.50. The number of ether oxygens (including phenoxy) is 4. The number of carboxylic acid groups (broad SMARTS) is 1. The van der Waals surface area contributed by atoms with Crippen LogP contribution >= 0.6 is 0 Å². The number of rotatable bonds is 14. The van der Waals surface area contributed by atoms with Crippen LogP contribution in [0.25, 0.3) is 0 Å². The number of carbonyl (C=O) groups is 2. The normalized spacial score (nSPS) is 13.8. The monoisotopic (exact) mass is 661 g/mol. The number of carbonyl (C=O) groups excluding carboxylic acids is 1. The molecule has 0 radical (unpaired) electrons. The van der Waals surface area contributed by atoms with Crippen LogP contribution in [0.4, 0.5) is 5.69 Å². The number of benzene rings is 3. The summed E-state index contributed by atoms with van der Waals surface area (Å²) in [4.78, 5) is 28.2. The van der Waals surface area contributed by atoms with E-state index >= 15 is 0 Å². The van der Waals surface area contributed by atoms with Gasteiger partial charge in [0, 0.05) is 18.3 Å². The van der Waals surface area contributed by atoms with Crippen molar-refractivity contribution in [3.05, 3.63) is 96.2 Å². The third kappa shape index (κ3) is 8.37. The average Bonchev–Trinajstić information content (AvgIpc) is 3.52. The molecule has 3 aromatic carbocycles. The van der Waals surface area contributed by atoms with Crippen molar-refractivity contribution in [2.75, 3.05) is 26.1 Å². The summed E-state index contributed by atoms with van der Waals surface area (Å²) < 4.78 is 52.0. The van der Waals surface area contributed by atoms with Crippen molar-refractivity contribution >= 4 is 27.6 Å². The minimum Gasteiger partial charge on any atom is -0.493 e. The molecule has 1 aromatic heterocycles. The highest BCUT2D eigenvalue weighted by molar-refractivity contribution is 7.89. The molecular formula is C34H35N3O9S. The van der Waals surface area contributed by atoms with E-state index in [2.05, 4.69) is 15.0 Å². The Morgan fingerprint density at radius 1 is 0.894 bits per heavy atom. The number of pyridine rings is 1. The van der Waals surface area contributed by atoms with Crippen LogP contribution in [0, 0.1) is 0 Å². The number of amides is 1. The molecule has 0 bridgehead atoms. The van der Waals surface area contributed by atoms with E-state index in [4.69, 9.17) is 18.9 Å². The molecule has 0 saturated heterocycles. The Bertz CT molecular complexity index is 1820. The van der Waals surface area contributed by atoms with Gasteiger partial charge >= 0.3 is 5.97 Å². The number of aromatic nitrogens is 1. The maximum Gasteiger partial charge on any atom is 0.337 e. The van der Waals surface area contributed by atoms with Gasteiger partial charge in [-0.05, 0) is 66.9 Å². The number of carboxylic acids is 1. The molecule has 0 unspecified atom stereocenters. The first-order valence-corrected chi connectivity index (χ1v) is 16.3. The van der Waals surface area contributed by atoms with Crippen molar-refractivity contribution in [2.24, 2.45) is 0 Å². The van der Waals surface area contributed by atoms with Gasteiger partial charge in [0.25, 0.3) is 0 Å². The molecule has 1 saturated carbocycles. The van der Waals surface area contributed by atoms with E-state index in [1.165, 1.54) is 44.7 Å². The van der Waals surface area contributed by atoms with Crippen LogP contribution in [0.2, 0.25) is 0 Å². The molecule has 0 aliphatic heterocycles. The number of anilines is 1. The van der Waals surface area contributed by atoms with E-state index in [0.29, 0.717) is 47.3 Å². The van der Waals surface area contributed by atoms with Crippen molar-refractivity contribution in [3.8, 4) is 28.9 Å². The highest BCUT2D eigenvalue weighted by atomic mass is 32.2. The second-order valence-electron chi connectivity index (χ2n) is 11.1. The molecule has 5 rings (SSSR count). The molecule has 1 heterocycles. The Labute approximate surface area is 272 Å². The van der Waals surface area contributed by atoms with Crippen LogP contribution in [0.1, 0.15) is 41.6 Å². The molecule has 1 aliphatic rings. The lowest BCUT2D eigenvalue weighted by Gasteiger charge is -2.30. The largest absolute Gasteiger partial charge is 0.493 e. The van der Waals surface area contributed by atoms with Crippen molar-refractivity contribution in [2.45, 2.75) is 42.5 Å². The molecule has 3 N–H and O–H groups in total. The first-order valence-electron chi connectivity index (χ1n) is 14.8. The first kappa shape index (κ1) is 33.2. The SMILES string of the molecule is COc1ccc(S(=O)(=O)NC2(COc3ccc(Oc4ccc(CC(=O)Nc5ccccc5C(=O)O)cn4)cc3)CCCC2)cc1OC. The standard InChI is InChI=1S/C34H35N3O9S/c1-43-29-15-14-26(20-30(29)44-2)47(41,42)37-34(17-5-6-18-34)22-45-24-10-12-25(13-11-24)46-32-16-9-23(21-35-32)19-31(38)36-28-8-4-3-7-27(28)33(39)40/h3-4,7-16,20-21,37H,5-6,17-19,22H2,1-2H3,(H,36,38)(H,39,40). The Balaban J connectivity index is 1.16. The van der Waals surface area contributed by atoms with Crippen molar-refractivity contribution < 1.29 is 42.1 Å². The van der Waals surface area contributed by atoms with E-state index < -0.39 is 21.5 Å². The molecule has 1 fully saturated rings. The summed E-state index contributed by atoms with van der Waals surface area (Å²) >= 11 is 0.